The van der Waals surface area contributed by atoms with E-state index in [1.54, 1.807) is 48.5 Å². The van der Waals surface area contributed by atoms with Crippen molar-refractivity contribution in [1.29, 1.82) is 0 Å². The normalized spacial score (nSPS) is 22.3. The van der Waals surface area contributed by atoms with Gasteiger partial charge in [0.25, 0.3) is 11.8 Å². The van der Waals surface area contributed by atoms with Gasteiger partial charge in [-0.1, -0.05) is 24.6 Å². The molecule has 7 nitrogen and oxygen atoms in total. The second-order valence-corrected chi connectivity index (χ2v) is 10.3. The Kier molecular flexibility index (Phi) is 6.48. The van der Waals surface area contributed by atoms with E-state index in [0.29, 0.717) is 41.3 Å². The summed E-state index contributed by atoms with van der Waals surface area (Å²) in [7, 11) is 0. The van der Waals surface area contributed by atoms with E-state index in [0.717, 1.165) is 31.5 Å². The molecule has 0 unspecified atom stereocenters. The van der Waals surface area contributed by atoms with Gasteiger partial charge in [0, 0.05) is 29.9 Å². The molecule has 2 fully saturated rings. The SMILES string of the molecule is CC1=CC[C@H]2C(=O)N(c3ccc(C(=O)Nc4cccc(C(=O)N5CCC(C)CC5)c4)cc3)C(=O)[C@@H]2C1. The van der Waals surface area contributed by atoms with Crippen molar-refractivity contribution in [2.24, 2.45) is 17.8 Å². The van der Waals surface area contributed by atoms with Crippen LogP contribution in [0.2, 0.25) is 0 Å². The van der Waals surface area contributed by atoms with Gasteiger partial charge in [-0.25, -0.2) is 0 Å². The first-order valence-electron chi connectivity index (χ1n) is 12.7. The number of hydrogen-bond acceptors (Lipinski definition) is 4. The molecule has 0 aromatic heterocycles. The largest absolute Gasteiger partial charge is 0.339 e. The van der Waals surface area contributed by atoms with Crippen LogP contribution in [0.25, 0.3) is 0 Å². The zero-order valence-electron chi connectivity index (χ0n) is 20.7. The molecule has 2 aliphatic heterocycles. The molecule has 2 aromatic rings. The number of benzene rings is 2. The molecule has 186 valence electrons. The molecular weight excluding hydrogens is 454 g/mol. The Bertz CT molecular complexity index is 1240. The van der Waals surface area contributed by atoms with Gasteiger partial charge >= 0.3 is 0 Å². The number of carbonyl (C=O) groups is 4. The van der Waals surface area contributed by atoms with E-state index >= 15 is 0 Å². The Labute approximate surface area is 211 Å². The lowest BCUT2D eigenvalue weighted by atomic mass is 9.82. The molecule has 1 N–H and O–H groups in total. The van der Waals surface area contributed by atoms with Gasteiger partial charge in [-0.3, -0.25) is 24.1 Å². The van der Waals surface area contributed by atoms with Crippen molar-refractivity contribution < 1.29 is 19.2 Å². The number of amides is 4. The van der Waals surface area contributed by atoms with Gasteiger partial charge in [0.05, 0.1) is 17.5 Å². The van der Waals surface area contributed by atoms with Crippen LogP contribution in [0.5, 0.6) is 0 Å². The highest BCUT2D eigenvalue weighted by atomic mass is 16.2. The van der Waals surface area contributed by atoms with Gasteiger partial charge in [0.1, 0.15) is 0 Å². The minimum Gasteiger partial charge on any atom is -0.339 e. The molecule has 2 heterocycles. The number of carbonyl (C=O) groups excluding carboxylic acids is 4. The fourth-order valence-electron chi connectivity index (χ4n) is 5.38. The first kappa shape index (κ1) is 24.0. The van der Waals surface area contributed by atoms with Gasteiger partial charge in [0.2, 0.25) is 11.8 Å². The maximum atomic E-state index is 12.9. The minimum atomic E-state index is -0.328. The van der Waals surface area contributed by atoms with Crippen LogP contribution < -0.4 is 10.2 Å². The summed E-state index contributed by atoms with van der Waals surface area (Å²) in [5.74, 6) is -0.645. The van der Waals surface area contributed by atoms with Crippen LogP contribution in [-0.2, 0) is 9.59 Å². The first-order valence-corrected chi connectivity index (χ1v) is 12.7. The lowest BCUT2D eigenvalue weighted by Gasteiger charge is -2.30. The zero-order chi connectivity index (χ0) is 25.4. The van der Waals surface area contributed by atoms with Crippen molar-refractivity contribution in [2.75, 3.05) is 23.3 Å². The fourth-order valence-corrected chi connectivity index (χ4v) is 5.38. The average Bonchev–Trinajstić information content (AvgIpc) is 3.13. The van der Waals surface area contributed by atoms with Crippen LogP contribution in [0.15, 0.2) is 60.2 Å². The van der Waals surface area contributed by atoms with Crippen LogP contribution >= 0.6 is 0 Å². The Morgan fingerprint density at radius 3 is 2.33 bits per heavy atom. The Balaban J connectivity index is 1.25. The standard InChI is InChI=1S/C29H31N3O4/c1-18-12-14-31(15-13-18)27(34)21-4-3-5-22(17-21)30-26(33)20-7-9-23(10-8-20)32-28(35)24-11-6-19(2)16-25(24)29(32)36/h3-10,17-18,24-25H,11-16H2,1-2H3,(H,30,33)/t24-,25-/m1/s1. The summed E-state index contributed by atoms with van der Waals surface area (Å²) in [6.45, 7) is 5.70. The molecule has 2 atom stereocenters. The Hall–Kier alpha value is -3.74. The smallest absolute Gasteiger partial charge is 0.255 e. The average molecular weight is 486 g/mol. The summed E-state index contributed by atoms with van der Waals surface area (Å²) in [6.07, 6.45) is 5.26. The summed E-state index contributed by atoms with van der Waals surface area (Å²) in [6, 6.07) is 13.5. The number of piperidine rings is 1. The predicted molar refractivity (Wildman–Crippen MR) is 138 cm³/mol. The van der Waals surface area contributed by atoms with Crippen LogP contribution in [0.1, 0.15) is 60.2 Å². The van der Waals surface area contributed by atoms with E-state index in [-0.39, 0.29) is 35.5 Å². The third-order valence-electron chi connectivity index (χ3n) is 7.65. The van der Waals surface area contributed by atoms with Gasteiger partial charge in [-0.2, -0.15) is 0 Å². The number of rotatable bonds is 4. The van der Waals surface area contributed by atoms with Crippen molar-refractivity contribution in [2.45, 2.75) is 39.5 Å². The van der Waals surface area contributed by atoms with E-state index in [2.05, 4.69) is 12.2 Å². The van der Waals surface area contributed by atoms with Crippen molar-refractivity contribution >= 4 is 35.0 Å². The molecule has 0 saturated carbocycles. The maximum absolute atomic E-state index is 12.9. The lowest BCUT2D eigenvalue weighted by molar-refractivity contribution is -0.122. The van der Waals surface area contributed by atoms with Gasteiger partial charge in [0.15, 0.2) is 0 Å². The lowest BCUT2D eigenvalue weighted by Crippen LogP contribution is -2.37. The Morgan fingerprint density at radius 1 is 0.917 bits per heavy atom. The number of anilines is 2. The molecule has 0 spiro atoms. The van der Waals surface area contributed by atoms with Crippen LogP contribution in [0, 0.1) is 17.8 Å². The molecule has 0 radical (unpaired) electrons. The second-order valence-electron chi connectivity index (χ2n) is 10.3. The monoisotopic (exact) mass is 485 g/mol. The summed E-state index contributed by atoms with van der Waals surface area (Å²) >= 11 is 0. The first-order chi connectivity index (χ1) is 17.3. The van der Waals surface area contributed by atoms with Crippen molar-refractivity contribution in [3.8, 4) is 0 Å². The minimum absolute atomic E-state index is 0.0201. The van der Waals surface area contributed by atoms with E-state index in [4.69, 9.17) is 0 Å². The van der Waals surface area contributed by atoms with E-state index in [1.807, 2.05) is 17.9 Å². The van der Waals surface area contributed by atoms with Gasteiger partial charge < -0.3 is 10.2 Å². The molecule has 36 heavy (non-hydrogen) atoms. The molecular formula is C29H31N3O4. The van der Waals surface area contributed by atoms with Crippen molar-refractivity contribution in [1.82, 2.24) is 4.90 Å². The van der Waals surface area contributed by atoms with E-state index in [1.165, 1.54) is 4.90 Å². The topological polar surface area (TPSA) is 86.8 Å². The molecule has 0 bridgehead atoms. The van der Waals surface area contributed by atoms with Crippen LogP contribution in [0.3, 0.4) is 0 Å². The summed E-state index contributed by atoms with van der Waals surface area (Å²) in [5, 5.41) is 2.85. The third-order valence-corrected chi connectivity index (χ3v) is 7.65. The number of likely N-dealkylation sites (tertiary alicyclic amines) is 1. The molecule has 5 rings (SSSR count). The number of allylic oxidation sites excluding steroid dienone is 2. The van der Waals surface area contributed by atoms with Gasteiger partial charge in [-0.15, -0.1) is 0 Å². The molecule has 4 amide bonds. The van der Waals surface area contributed by atoms with Crippen molar-refractivity contribution in [3.05, 3.63) is 71.3 Å². The van der Waals surface area contributed by atoms with E-state index in [9.17, 15) is 19.2 Å². The summed E-state index contributed by atoms with van der Waals surface area (Å²) in [5.41, 5.74) is 3.11. The van der Waals surface area contributed by atoms with E-state index < -0.39 is 0 Å². The zero-order valence-corrected chi connectivity index (χ0v) is 20.7. The molecule has 2 aromatic carbocycles. The number of hydrogen-bond donors (Lipinski definition) is 1. The highest BCUT2D eigenvalue weighted by molar-refractivity contribution is 6.22. The Morgan fingerprint density at radius 2 is 1.61 bits per heavy atom. The maximum Gasteiger partial charge on any atom is 0.255 e. The molecule has 1 aliphatic carbocycles. The summed E-state index contributed by atoms with van der Waals surface area (Å²) < 4.78 is 0. The number of nitrogens with one attached hydrogen (secondary N) is 1. The molecule has 3 aliphatic rings. The van der Waals surface area contributed by atoms with Crippen LogP contribution in [0.4, 0.5) is 11.4 Å². The predicted octanol–water partition coefficient (Wildman–Crippen LogP) is 4.66. The third kappa shape index (κ3) is 4.57. The van der Waals surface area contributed by atoms with Crippen LogP contribution in [-0.4, -0.2) is 41.6 Å². The number of nitrogens with zero attached hydrogens (tertiary/aromatic N) is 2. The highest BCUT2D eigenvalue weighted by Crippen LogP contribution is 2.39. The number of fused-ring (bicyclic) bond motifs is 1. The quantitative estimate of drug-likeness (QED) is 0.504. The number of imide groups is 1. The second kappa shape index (κ2) is 9.72. The molecule has 7 heteroatoms. The van der Waals surface area contributed by atoms with Gasteiger partial charge in [-0.05, 0) is 81.0 Å². The van der Waals surface area contributed by atoms with Crippen molar-refractivity contribution in [3.63, 3.8) is 0 Å². The fraction of sp³-hybridized carbons (Fsp3) is 0.379. The molecule has 2 saturated heterocycles. The highest BCUT2D eigenvalue weighted by Gasteiger charge is 2.48. The summed E-state index contributed by atoms with van der Waals surface area (Å²) in [4.78, 5) is 54.7.